The molecule has 75 heavy (non-hydrogen) atoms. The Morgan fingerprint density at radius 2 is 1.36 bits per heavy atom. The van der Waals surface area contributed by atoms with Crippen LogP contribution in [0, 0.1) is 18.3 Å². The van der Waals surface area contributed by atoms with E-state index in [1.165, 1.54) is 38.8 Å². The maximum Gasteiger partial charge on any atom is 0.338 e. The Hall–Kier alpha value is -7.19. The number of ketones is 1. The van der Waals surface area contributed by atoms with E-state index < -0.39 is 55.0 Å². The molecule has 5 atom stereocenters. The van der Waals surface area contributed by atoms with Crippen LogP contribution < -0.4 is 10.1 Å². The third kappa shape index (κ3) is 13.4. The summed E-state index contributed by atoms with van der Waals surface area (Å²) < 4.78 is 32.4. The second-order valence-corrected chi connectivity index (χ2v) is 20.5. The van der Waals surface area contributed by atoms with Crippen molar-refractivity contribution in [2.45, 2.75) is 96.2 Å². The lowest BCUT2D eigenvalue weighted by Crippen LogP contribution is -2.60. The minimum atomic E-state index is -1.40. The zero-order valence-corrected chi connectivity index (χ0v) is 43.2. The second kappa shape index (κ2) is 24.9. The molecule has 13 nitrogen and oxygen atoms in total. The van der Waals surface area contributed by atoms with Crippen molar-refractivity contribution in [2.24, 2.45) is 11.3 Å². The van der Waals surface area contributed by atoms with Crippen LogP contribution in [0.15, 0.2) is 146 Å². The SMILES string of the molecule is Cc1cc(/C=C/CCN2CCCC3(CCNCC3)C2)ccc1Cc1c(O[C@@H]2O[C@H](COC(=O)c3ccccc3)[C@@H](OC(=O)c3ccccc3)[C@H](OC(=O)c3ccccc3)[C@H]2CC(=O)c2ccccc2)n[nH]c1C(C)C. The van der Waals surface area contributed by atoms with Crippen molar-refractivity contribution in [1.82, 2.24) is 20.4 Å². The van der Waals surface area contributed by atoms with Gasteiger partial charge in [0, 0.05) is 42.8 Å². The molecule has 4 heterocycles. The Balaban J connectivity index is 1.02. The summed E-state index contributed by atoms with van der Waals surface area (Å²) in [7, 11) is 0. The molecule has 390 valence electrons. The van der Waals surface area contributed by atoms with Crippen LogP contribution in [0.25, 0.3) is 6.08 Å². The fourth-order valence-electron chi connectivity index (χ4n) is 10.8. The van der Waals surface area contributed by atoms with Gasteiger partial charge in [-0.3, -0.25) is 9.89 Å². The molecule has 0 amide bonds. The molecule has 3 aliphatic heterocycles. The molecule has 0 aliphatic carbocycles. The van der Waals surface area contributed by atoms with Gasteiger partial charge in [0.2, 0.25) is 12.2 Å². The maximum absolute atomic E-state index is 14.4. The number of aryl methyl sites for hydroxylation is 1. The average molecular weight is 1010 g/mol. The van der Waals surface area contributed by atoms with Gasteiger partial charge in [0.25, 0.3) is 0 Å². The molecule has 9 rings (SSSR count). The lowest BCUT2D eigenvalue weighted by Gasteiger charge is -2.45. The van der Waals surface area contributed by atoms with E-state index in [1.807, 2.05) is 6.07 Å². The standard InChI is InChI=1S/C62H68N4O9/c1-42(2)54-50(38-49-29-28-44(37-43(49)3)19-16-17-35-66-36-18-30-62(41-66)31-33-63-34-32-62)57(65-64-54)75-61-51(39-52(67)45-20-8-4-9-21-45)55(73-59(69)47-24-12-6-13-25-47)56(74-60(70)48-26-14-7-15-27-48)53(72-61)40-71-58(68)46-22-10-5-11-23-46/h4-16,19-29,37,42,51,53,55-56,61,63H,17-18,30-36,38-41H2,1-3H3,(H,64,65)/b19-16+/t51-,53-,55-,56-,61+/m1/s1. The molecule has 0 bridgehead atoms. The number of aromatic nitrogens is 2. The van der Waals surface area contributed by atoms with Gasteiger partial charge in [-0.15, -0.1) is 5.10 Å². The number of ether oxygens (including phenoxy) is 5. The Kier molecular flexibility index (Phi) is 17.5. The fraction of sp³-hybridized carbons (Fsp3) is 0.371. The molecule has 3 saturated heterocycles. The number of H-pyrrole nitrogens is 1. The lowest BCUT2D eigenvalue weighted by atomic mass is 9.73. The van der Waals surface area contributed by atoms with Crippen molar-refractivity contribution in [3.05, 3.63) is 196 Å². The van der Waals surface area contributed by atoms with Crippen LogP contribution in [0.5, 0.6) is 5.88 Å². The number of rotatable bonds is 19. The smallest absolute Gasteiger partial charge is 0.338 e. The zero-order chi connectivity index (χ0) is 52.2. The van der Waals surface area contributed by atoms with E-state index in [2.05, 4.69) is 66.4 Å². The van der Waals surface area contributed by atoms with Crippen LogP contribution in [-0.2, 0) is 25.4 Å². The number of likely N-dealkylation sites (tertiary alicyclic amines) is 1. The third-order valence-electron chi connectivity index (χ3n) is 14.9. The summed E-state index contributed by atoms with van der Waals surface area (Å²) in [4.78, 5) is 59.0. The first-order valence-electron chi connectivity index (χ1n) is 26.4. The Morgan fingerprint density at radius 1 is 0.760 bits per heavy atom. The number of aromatic amines is 1. The number of hydrogen-bond donors (Lipinski definition) is 2. The minimum Gasteiger partial charge on any atom is -0.459 e. The quantitative estimate of drug-likeness (QED) is 0.0450. The zero-order valence-electron chi connectivity index (χ0n) is 43.2. The molecule has 0 saturated carbocycles. The minimum absolute atomic E-state index is 0.00570. The largest absolute Gasteiger partial charge is 0.459 e. The number of nitrogens with one attached hydrogen (secondary N) is 2. The fourth-order valence-corrected chi connectivity index (χ4v) is 10.8. The van der Waals surface area contributed by atoms with Gasteiger partial charge >= 0.3 is 17.9 Å². The molecule has 1 spiro atoms. The number of nitrogens with zero attached hydrogens (tertiary/aromatic N) is 2. The van der Waals surface area contributed by atoms with Gasteiger partial charge in [-0.25, -0.2) is 14.4 Å². The van der Waals surface area contributed by atoms with E-state index in [0.717, 1.165) is 54.0 Å². The molecule has 2 N–H and O–H groups in total. The molecule has 3 aliphatic rings. The van der Waals surface area contributed by atoms with Gasteiger partial charge < -0.3 is 33.9 Å². The predicted molar refractivity (Wildman–Crippen MR) is 287 cm³/mol. The van der Waals surface area contributed by atoms with Crippen LogP contribution in [0.3, 0.4) is 0 Å². The predicted octanol–water partition coefficient (Wildman–Crippen LogP) is 10.6. The highest BCUT2D eigenvalue weighted by molar-refractivity contribution is 5.96. The van der Waals surface area contributed by atoms with Crippen molar-refractivity contribution in [2.75, 3.05) is 39.3 Å². The molecule has 0 radical (unpaired) electrons. The number of carbonyl (C=O) groups is 4. The highest BCUT2D eigenvalue weighted by Gasteiger charge is 2.53. The summed E-state index contributed by atoms with van der Waals surface area (Å²) in [6, 6.07) is 40.5. The van der Waals surface area contributed by atoms with Crippen molar-refractivity contribution in [1.29, 1.82) is 0 Å². The third-order valence-corrected chi connectivity index (χ3v) is 14.9. The summed E-state index contributed by atoms with van der Waals surface area (Å²) in [5, 5.41) is 11.5. The molecular formula is C62H68N4O9. The molecular weight excluding hydrogens is 945 g/mol. The summed E-state index contributed by atoms with van der Waals surface area (Å²) in [6.45, 7) is 11.5. The number of benzene rings is 5. The van der Waals surface area contributed by atoms with Crippen LogP contribution in [-0.4, -0.2) is 103 Å². The van der Waals surface area contributed by atoms with Crippen LogP contribution in [0.4, 0.5) is 0 Å². The Morgan fingerprint density at radius 3 is 1.97 bits per heavy atom. The maximum atomic E-state index is 14.4. The number of hydrogen-bond acceptors (Lipinski definition) is 12. The first-order chi connectivity index (χ1) is 36.5. The van der Waals surface area contributed by atoms with E-state index in [4.69, 9.17) is 28.8 Å². The highest BCUT2D eigenvalue weighted by atomic mass is 16.7. The Labute approximate surface area is 440 Å². The second-order valence-electron chi connectivity index (χ2n) is 20.5. The highest BCUT2D eigenvalue weighted by Crippen LogP contribution is 2.40. The molecule has 3 fully saturated rings. The number of esters is 3. The van der Waals surface area contributed by atoms with Crippen LogP contribution in [0.2, 0.25) is 0 Å². The van der Waals surface area contributed by atoms with Crippen LogP contribution >= 0.6 is 0 Å². The van der Waals surface area contributed by atoms with E-state index in [0.29, 0.717) is 17.4 Å². The Bertz CT molecular complexity index is 2880. The molecule has 0 unspecified atom stereocenters. The summed E-state index contributed by atoms with van der Waals surface area (Å²) in [5.74, 6) is -3.30. The van der Waals surface area contributed by atoms with E-state index in [-0.39, 0.29) is 40.7 Å². The average Bonchev–Trinajstić information content (AvgIpc) is 3.84. The molecule has 13 heteroatoms. The van der Waals surface area contributed by atoms with Gasteiger partial charge in [0.15, 0.2) is 18.0 Å². The van der Waals surface area contributed by atoms with E-state index in [9.17, 15) is 19.2 Å². The van der Waals surface area contributed by atoms with E-state index >= 15 is 0 Å². The van der Waals surface area contributed by atoms with Crippen molar-refractivity contribution >= 4 is 29.8 Å². The molecule has 6 aromatic rings. The van der Waals surface area contributed by atoms with E-state index in [1.54, 1.807) is 115 Å². The van der Waals surface area contributed by atoms with Gasteiger partial charge in [-0.2, -0.15) is 0 Å². The normalized spacial score (nSPS) is 20.7. The van der Waals surface area contributed by atoms with Crippen molar-refractivity contribution < 1.29 is 42.9 Å². The van der Waals surface area contributed by atoms with Gasteiger partial charge in [0.1, 0.15) is 12.7 Å². The van der Waals surface area contributed by atoms with Crippen molar-refractivity contribution in [3.8, 4) is 5.88 Å². The monoisotopic (exact) mass is 1010 g/mol. The van der Waals surface area contributed by atoms with Gasteiger partial charge in [-0.05, 0) is 123 Å². The van der Waals surface area contributed by atoms with Gasteiger partial charge in [0.05, 0.1) is 22.6 Å². The summed E-state index contributed by atoms with van der Waals surface area (Å²) >= 11 is 0. The molecule has 1 aromatic heterocycles. The lowest BCUT2D eigenvalue weighted by molar-refractivity contribution is -0.259. The topological polar surface area (TPSA) is 158 Å². The first-order valence-corrected chi connectivity index (χ1v) is 26.4. The number of piperidine rings is 2. The number of carbonyl (C=O) groups excluding carboxylic acids is 4. The summed E-state index contributed by atoms with van der Waals surface area (Å²) in [6.07, 6.45) is 5.43. The molecule has 5 aromatic carbocycles. The van der Waals surface area contributed by atoms with Crippen LogP contribution in [0.1, 0.15) is 128 Å². The van der Waals surface area contributed by atoms with Crippen molar-refractivity contribution in [3.63, 3.8) is 0 Å². The van der Waals surface area contributed by atoms with Gasteiger partial charge in [-0.1, -0.05) is 129 Å². The summed E-state index contributed by atoms with van der Waals surface area (Å²) in [5.41, 5.74) is 6.54. The first kappa shape index (κ1) is 52.7. The number of Topliss-reactive ketones (excluding diaryl/α,β-unsaturated/α-hetero) is 1.